The van der Waals surface area contributed by atoms with Crippen molar-refractivity contribution in [1.29, 1.82) is 0 Å². The summed E-state index contributed by atoms with van der Waals surface area (Å²) in [6, 6.07) is 3.07. The molecule has 1 N–H and O–H groups in total. The second-order valence-corrected chi connectivity index (χ2v) is 9.11. The predicted molar refractivity (Wildman–Crippen MR) is 87.4 cm³/mol. The molecule has 0 radical (unpaired) electrons. The van der Waals surface area contributed by atoms with E-state index >= 15 is 0 Å². The van der Waals surface area contributed by atoms with E-state index in [1.807, 2.05) is 6.92 Å². The zero-order valence-corrected chi connectivity index (χ0v) is 15.2. The number of hydrogen-bond donors (Lipinski definition) is 1. The number of hydrogen-bond acceptors (Lipinski definition) is 3. The van der Waals surface area contributed by atoms with Crippen LogP contribution in [0, 0.1) is 5.92 Å². The molecule has 21 heavy (non-hydrogen) atoms. The second-order valence-electron chi connectivity index (χ2n) is 5.60. The van der Waals surface area contributed by atoms with Crippen LogP contribution in [0.1, 0.15) is 13.3 Å². The summed E-state index contributed by atoms with van der Waals surface area (Å²) in [5.74, 6) is 0.364. The van der Waals surface area contributed by atoms with Gasteiger partial charge in [0.2, 0.25) is 10.0 Å². The molecule has 4 nitrogen and oxygen atoms in total. The van der Waals surface area contributed by atoms with E-state index in [4.69, 9.17) is 23.2 Å². The van der Waals surface area contributed by atoms with Gasteiger partial charge in [0, 0.05) is 23.1 Å². The number of nitrogens with zero attached hydrogens (tertiary/aromatic N) is 1. The van der Waals surface area contributed by atoms with Gasteiger partial charge in [-0.2, -0.15) is 4.31 Å². The van der Waals surface area contributed by atoms with Gasteiger partial charge in [0.15, 0.2) is 0 Å². The summed E-state index contributed by atoms with van der Waals surface area (Å²) in [6.07, 6.45) is 0.864. The Morgan fingerprint density at radius 1 is 1.29 bits per heavy atom. The molecule has 0 aromatic heterocycles. The molecular weight excluding hydrogens is 399 g/mol. The van der Waals surface area contributed by atoms with Crippen molar-refractivity contribution in [1.82, 2.24) is 9.62 Å². The maximum Gasteiger partial charge on any atom is 0.246 e. The van der Waals surface area contributed by atoms with Crippen molar-refractivity contribution in [3.8, 4) is 0 Å². The molecule has 2 aliphatic heterocycles. The van der Waals surface area contributed by atoms with Gasteiger partial charge >= 0.3 is 0 Å². The van der Waals surface area contributed by atoms with Gasteiger partial charge in [0.1, 0.15) is 4.90 Å². The number of nitrogens with one attached hydrogen (secondary N) is 1. The minimum absolute atomic E-state index is 0.00781. The standard InChI is InChI=1S/C13H15BrCl2N2O2S/c1-7-2-8-5-17-6-12(8)18(7)21(19,20)13-10(15)3-9(14)4-11(13)16/h3-4,7-8,12,17H,2,5-6H2,1H3. The molecule has 2 heterocycles. The van der Waals surface area contributed by atoms with Crippen molar-refractivity contribution in [2.75, 3.05) is 13.1 Å². The topological polar surface area (TPSA) is 49.4 Å². The lowest BCUT2D eigenvalue weighted by molar-refractivity contribution is 0.336. The minimum atomic E-state index is -3.71. The van der Waals surface area contributed by atoms with Crippen LogP contribution in [0.25, 0.3) is 0 Å². The van der Waals surface area contributed by atoms with Gasteiger partial charge in [0.05, 0.1) is 10.0 Å². The Labute approximate surface area is 143 Å². The number of sulfonamides is 1. The van der Waals surface area contributed by atoms with Crippen LogP contribution in [0.5, 0.6) is 0 Å². The maximum atomic E-state index is 13.1. The summed E-state index contributed by atoms with van der Waals surface area (Å²) >= 11 is 15.6. The highest BCUT2D eigenvalue weighted by atomic mass is 79.9. The number of rotatable bonds is 2. The van der Waals surface area contributed by atoms with Gasteiger partial charge in [-0.3, -0.25) is 0 Å². The molecule has 1 aromatic carbocycles. The molecule has 0 spiro atoms. The Morgan fingerprint density at radius 2 is 1.90 bits per heavy atom. The van der Waals surface area contributed by atoms with Crippen molar-refractivity contribution in [3.63, 3.8) is 0 Å². The van der Waals surface area contributed by atoms with Crippen LogP contribution in [0.4, 0.5) is 0 Å². The summed E-state index contributed by atoms with van der Waals surface area (Å²) in [6.45, 7) is 3.49. The molecule has 8 heteroatoms. The summed E-state index contributed by atoms with van der Waals surface area (Å²) < 4.78 is 28.3. The molecule has 0 aliphatic carbocycles. The van der Waals surface area contributed by atoms with E-state index in [0.717, 1.165) is 13.0 Å². The van der Waals surface area contributed by atoms with Crippen molar-refractivity contribution in [3.05, 3.63) is 26.7 Å². The molecule has 116 valence electrons. The lowest BCUT2D eigenvalue weighted by atomic mass is 10.0. The lowest BCUT2D eigenvalue weighted by Gasteiger charge is -2.27. The quantitative estimate of drug-likeness (QED) is 0.810. The fourth-order valence-corrected chi connectivity index (χ4v) is 7.20. The van der Waals surface area contributed by atoms with E-state index < -0.39 is 10.0 Å². The molecule has 3 atom stereocenters. The van der Waals surface area contributed by atoms with Gasteiger partial charge < -0.3 is 5.32 Å². The molecule has 0 saturated carbocycles. The van der Waals surface area contributed by atoms with Gasteiger partial charge in [-0.15, -0.1) is 0 Å². The molecule has 0 bridgehead atoms. The average molecular weight is 414 g/mol. The molecule has 1 aromatic rings. The van der Waals surface area contributed by atoms with E-state index in [2.05, 4.69) is 21.2 Å². The monoisotopic (exact) mass is 412 g/mol. The maximum absolute atomic E-state index is 13.1. The summed E-state index contributed by atoms with van der Waals surface area (Å²) in [7, 11) is -3.71. The molecule has 3 rings (SSSR count). The first-order chi connectivity index (χ1) is 9.82. The van der Waals surface area contributed by atoms with Gasteiger partial charge in [0.25, 0.3) is 0 Å². The summed E-state index contributed by atoms with van der Waals surface area (Å²) in [4.78, 5) is 0.00781. The first kappa shape index (κ1) is 16.0. The molecule has 2 aliphatic rings. The fourth-order valence-electron chi connectivity index (χ4n) is 3.42. The van der Waals surface area contributed by atoms with E-state index in [1.54, 1.807) is 16.4 Å². The fraction of sp³-hybridized carbons (Fsp3) is 0.538. The van der Waals surface area contributed by atoms with Crippen molar-refractivity contribution in [2.45, 2.75) is 30.3 Å². The van der Waals surface area contributed by atoms with E-state index in [1.165, 1.54) is 0 Å². The van der Waals surface area contributed by atoms with Gasteiger partial charge in [-0.05, 0) is 37.9 Å². The minimum Gasteiger partial charge on any atom is -0.315 e. The zero-order chi connectivity index (χ0) is 15.4. The first-order valence-corrected chi connectivity index (χ1v) is 9.70. The third kappa shape index (κ3) is 2.64. The van der Waals surface area contributed by atoms with E-state index in [-0.39, 0.29) is 27.0 Å². The Hall–Kier alpha value is 0.150. The average Bonchev–Trinajstić information content (AvgIpc) is 2.85. The highest BCUT2D eigenvalue weighted by Gasteiger charge is 2.48. The number of fused-ring (bicyclic) bond motifs is 1. The van der Waals surface area contributed by atoms with Crippen molar-refractivity contribution >= 4 is 49.2 Å². The number of halogens is 3. The largest absolute Gasteiger partial charge is 0.315 e. The van der Waals surface area contributed by atoms with Crippen LogP contribution < -0.4 is 5.32 Å². The Morgan fingerprint density at radius 3 is 2.52 bits per heavy atom. The first-order valence-electron chi connectivity index (χ1n) is 6.71. The highest BCUT2D eigenvalue weighted by Crippen LogP contribution is 2.41. The lowest BCUT2D eigenvalue weighted by Crippen LogP contribution is -2.42. The van der Waals surface area contributed by atoms with Gasteiger partial charge in [-0.25, -0.2) is 8.42 Å². The van der Waals surface area contributed by atoms with E-state index in [9.17, 15) is 8.42 Å². The molecule has 3 unspecified atom stereocenters. The van der Waals surface area contributed by atoms with Crippen molar-refractivity contribution in [2.24, 2.45) is 5.92 Å². The Kier molecular flexibility index (Phi) is 4.31. The smallest absolute Gasteiger partial charge is 0.246 e. The Bertz CT molecular complexity index is 660. The second kappa shape index (κ2) is 5.65. The van der Waals surface area contributed by atoms with Crippen LogP contribution in [-0.2, 0) is 10.0 Å². The molecule has 2 saturated heterocycles. The summed E-state index contributed by atoms with van der Waals surface area (Å²) in [5.41, 5.74) is 0. The van der Waals surface area contributed by atoms with Crippen LogP contribution in [-0.4, -0.2) is 37.9 Å². The predicted octanol–water partition coefficient (Wildman–Crippen LogP) is 3.13. The third-order valence-corrected chi connectivity index (χ3v) is 7.63. The third-order valence-electron chi connectivity index (χ3n) is 4.21. The van der Waals surface area contributed by atoms with Crippen LogP contribution in [0.15, 0.2) is 21.5 Å². The van der Waals surface area contributed by atoms with Crippen molar-refractivity contribution < 1.29 is 8.42 Å². The highest BCUT2D eigenvalue weighted by molar-refractivity contribution is 9.10. The zero-order valence-electron chi connectivity index (χ0n) is 11.3. The van der Waals surface area contributed by atoms with Crippen LogP contribution in [0.2, 0.25) is 10.0 Å². The van der Waals surface area contributed by atoms with Crippen LogP contribution >= 0.6 is 39.1 Å². The Balaban J connectivity index is 2.09. The van der Waals surface area contributed by atoms with Gasteiger partial charge in [-0.1, -0.05) is 39.1 Å². The molecule has 2 fully saturated rings. The molecule has 0 amide bonds. The molecular formula is C13H15BrCl2N2O2S. The summed E-state index contributed by atoms with van der Waals surface area (Å²) in [5, 5.41) is 3.56. The SMILES string of the molecule is CC1CC2CNCC2N1S(=O)(=O)c1c(Cl)cc(Br)cc1Cl. The number of benzene rings is 1. The normalized spacial score (nSPS) is 29.8. The van der Waals surface area contributed by atoms with E-state index in [0.29, 0.717) is 16.9 Å². The van der Waals surface area contributed by atoms with Crippen LogP contribution in [0.3, 0.4) is 0 Å².